The van der Waals surface area contributed by atoms with Crippen LogP contribution in [0, 0.1) is 12.8 Å². The van der Waals surface area contributed by atoms with Gasteiger partial charge in [-0.05, 0) is 80.7 Å². The molecule has 1 aliphatic heterocycles. The van der Waals surface area contributed by atoms with E-state index in [9.17, 15) is 4.79 Å². The average molecular weight is 430 g/mol. The Morgan fingerprint density at radius 3 is 2.61 bits per heavy atom. The van der Waals surface area contributed by atoms with E-state index in [1.54, 1.807) is 0 Å². The van der Waals surface area contributed by atoms with E-state index < -0.39 is 0 Å². The zero-order valence-electron chi connectivity index (χ0n) is 18.0. The number of likely N-dealkylation sites (tertiary alicyclic amines) is 1. The maximum Gasteiger partial charge on any atom is 0.265 e. The monoisotopic (exact) mass is 429 g/mol. The second kappa shape index (κ2) is 8.40. The number of aromatic nitrogens is 1. The molecule has 2 aromatic heterocycles. The molecular weight excluding hydrogens is 402 g/mol. The maximum absolute atomic E-state index is 12.8. The number of anilines is 1. The van der Waals surface area contributed by atoms with E-state index in [-0.39, 0.29) is 5.91 Å². The predicted octanol–water partition coefficient (Wildman–Crippen LogP) is 6.24. The number of nitrogens with one attached hydrogen (secondary N) is 1. The lowest BCUT2D eigenvalue weighted by atomic mass is 9.99. The van der Waals surface area contributed by atoms with E-state index in [2.05, 4.69) is 54.4 Å². The van der Waals surface area contributed by atoms with Crippen LogP contribution in [-0.2, 0) is 6.54 Å². The van der Waals surface area contributed by atoms with Gasteiger partial charge in [0, 0.05) is 23.0 Å². The summed E-state index contributed by atoms with van der Waals surface area (Å²) in [5.74, 6) is 0.765. The summed E-state index contributed by atoms with van der Waals surface area (Å²) in [6.45, 7) is 7.75. The molecule has 31 heavy (non-hydrogen) atoms. The minimum atomic E-state index is -0.0824. The number of carbonyl (C=O) groups is 1. The minimum Gasteiger partial charge on any atom is -0.321 e. The van der Waals surface area contributed by atoms with Crippen LogP contribution in [-0.4, -0.2) is 28.9 Å². The van der Waals surface area contributed by atoms with E-state index in [1.807, 2.05) is 24.3 Å². The molecule has 1 saturated heterocycles. The quantitative estimate of drug-likeness (QED) is 0.417. The molecule has 4 nitrogen and oxygen atoms in total. The van der Waals surface area contributed by atoms with Gasteiger partial charge >= 0.3 is 0 Å². The smallest absolute Gasteiger partial charge is 0.265 e. The normalized spacial score (nSPS) is 15.5. The van der Waals surface area contributed by atoms with Gasteiger partial charge in [0.2, 0.25) is 0 Å². The van der Waals surface area contributed by atoms with Crippen molar-refractivity contribution in [2.75, 3.05) is 18.4 Å². The number of rotatable bonds is 4. The van der Waals surface area contributed by atoms with Crippen molar-refractivity contribution in [2.24, 2.45) is 5.92 Å². The standard InChI is InChI=1S/C26H27N3OS/c1-17-9-11-29(12-10-17)16-19-4-6-22(7-5-19)27-25(30)24-15-21-14-20-13-18(2)3-8-23(20)28-26(21)31-24/h3-8,13-15,17H,9-12,16H2,1-2H3,(H,27,30). The first-order chi connectivity index (χ1) is 15.0. The third-order valence-corrected chi connectivity index (χ3v) is 7.22. The van der Waals surface area contributed by atoms with Crippen LogP contribution in [0.15, 0.2) is 54.6 Å². The highest BCUT2D eigenvalue weighted by molar-refractivity contribution is 7.20. The lowest BCUT2D eigenvalue weighted by Crippen LogP contribution is -2.32. The van der Waals surface area contributed by atoms with Gasteiger partial charge in [-0.15, -0.1) is 11.3 Å². The predicted molar refractivity (Wildman–Crippen MR) is 130 cm³/mol. The molecular formula is C26H27N3OS. The van der Waals surface area contributed by atoms with Crippen molar-refractivity contribution in [3.8, 4) is 0 Å². The number of nitrogens with zero attached hydrogens (tertiary/aromatic N) is 2. The Kier molecular flexibility index (Phi) is 5.47. The average Bonchev–Trinajstić information content (AvgIpc) is 3.18. The zero-order valence-corrected chi connectivity index (χ0v) is 18.8. The molecule has 1 amide bonds. The molecule has 2 aromatic carbocycles. The number of aryl methyl sites for hydroxylation is 1. The van der Waals surface area contributed by atoms with Gasteiger partial charge in [-0.25, -0.2) is 4.98 Å². The molecule has 0 radical (unpaired) electrons. The number of amides is 1. The van der Waals surface area contributed by atoms with Crippen LogP contribution < -0.4 is 5.32 Å². The number of benzene rings is 2. The second-order valence-electron chi connectivity index (χ2n) is 8.80. The molecule has 0 atom stereocenters. The van der Waals surface area contributed by atoms with E-state index in [0.29, 0.717) is 4.88 Å². The van der Waals surface area contributed by atoms with Crippen LogP contribution in [0.3, 0.4) is 0 Å². The molecule has 1 fully saturated rings. The first kappa shape index (κ1) is 20.2. The summed E-state index contributed by atoms with van der Waals surface area (Å²) < 4.78 is 0. The Hall–Kier alpha value is -2.76. The lowest BCUT2D eigenvalue weighted by molar-refractivity contribution is 0.103. The summed E-state index contributed by atoms with van der Waals surface area (Å²) in [6.07, 6.45) is 2.57. The molecule has 1 aliphatic rings. The molecule has 0 aliphatic carbocycles. The van der Waals surface area contributed by atoms with E-state index in [4.69, 9.17) is 4.98 Å². The van der Waals surface area contributed by atoms with Gasteiger partial charge in [0.15, 0.2) is 0 Å². The van der Waals surface area contributed by atoms with Gasteiger partial charge in [-0.1, -0.05) is 30.7 Å². The summed E-state index contributed by atoms with van der Waals surface area (Å²) in [4.78, 5) is 21.7. The summed E-state index contributed by atoms with van der Waals surface area (Å²) in [5.41, 5.74) is 4.29. The summed E-state index contributed by atoms with van der Waals surface area (Å²) in [7, 11) is 0. The molecule has 4 aromatic rings. The second-order valence-corrected chi connectivity index (χ2v) is 9.83. The van der Waals surface area contributed by atoms with Gasteiger partial charge < -0.3 is 5.32 Å². The Labute approximate surface area is 186 Å². The van der Waals surface area contributed by atoms with E-state index in [0.717, 1.165) is 39.3 Å². The molecule has 158 valence electrons. The topological polar surface area (TPSA) is 45.2 Å². The SMILES string of the molecule is Cc1ccc2nc3sc(C(=O)Nc4ccc(CN5CCC(C)CC5)cc4)cc3cc2c1. The molecule has 0 unspecified atom stereocenters. The van der Waals surface area contributed by atoms with Crippen molar-refractivity contribution in [1.29, 1.82) is 0 Å². The Morgan fingerprint density at radius 1 is 1.06 bits per heavy atom. The Morgan fingerprint density at radius 2 is 1.84 bits per heavy atom. The van der Waals surface area contributed by atoms with Gasteiger partial charge in [0.1, 0.15) is 4.83 Å². The lowest BCUT2D eigenvalue weighted by Gasteiger charge is -2.30. The van der Waals surface area contributed by atoms with Crippen molar-refractivity contribution >= 4 is 44.1 Å². The molecule has 5 heteroatoms. The number of fused-ring (bicyclic) bond motifs is 2. The highest BCUT2D eigenvalue weighted by Gasteiger charge is 2.16. The Balaban J connectivity index is 1.28. The van der Waals surface area contributed by atoms with Crippen molar-refractivity contribution in [1.82, 2.24) is 9.88 Å². The molecule has 0 bridgehead atoms. The minimum absolute atomic E-state index is 0.0824. The summed E-state index contributed by atoms with van der Waals surface area (Å²) in [6, 6.07) is 18.5. The first-order valence-corrected chi connectivity index (χ1v) is 11.8. The Bertz CT molecular complexity index is 1240. The molecule has 1 N–H and O–H groups in total. The van der Waals surface area contributed by atoms with Crippen LogP contribution in [0.25, 0.3) is 21.1 Å². The zero-order chi connectivity index (χ0) is 21.4. The number of piperidine rings is 1. The molecule has 0 spiro atoms. The van der Waals surface area contributed by atoms with E-state index >= 15 is 0 Å². The summed E-state index contributed by atoms with van der Waals surface area (Å²) in [5, 5.41) is 5.16. The number of carbonyl (C=O) groups excluding carboxylic acids is 1. The van der Waals surface area contributed by atoms with Crippen molar-refractivity contribution in [3.05, 3.63) is 70.6 Å². The molecule has 0 saturated carbocycles. The number of thiophene rings is 1. The maximum atomic E-state index is 12.8. The van der Waals surface area contributed by atoms with Crippen molar-refractivity contribution in [3.63, 3.8) is 0 Å². The largest absolute Gasteiger partial charge is 0.321 e. The first-order valence-electron chi connectivity index (χ1n) is 11.0. The van der Waals surface area contributed by atoms with Crippen LogP contribution in [0.2, 0.25) is 0 Å². The summed E-state index contributed by atoms with van der Waals surface area (Å²) >= 11 is 1.44. The molecule has 5 rings (SSSR count). The fourth-order valence-corrected chi connectivity index (χ4v) is 5.15. The fraction of sp³-hybridized carbons (Fsp3) is 0.308. The van der Waals surface area contributed by atoms with Crippen molar-refractivity contribution < 1.29 is 4.79 Å². The number of pyridine rings is 1. The van der Waals surface area contributed by atoms with Gasteiger partial charge in [0.05, 0.1) is 10.4 Å². The third-order valence-electron chi connectivity index (χ3n) is 6.17. The van der Waals surface area contributed by atoms with Gasteiger partial charge in [-0.2, -0.15) is 0 Å². The van der Waals surface area contributed by atoms with Crippen molar-refractivity contribution in [2.45, 2.75) is 33.2 Å². The van der Waals surface area contributed by atoms with Crippen LogP contribution in [0.5, 0.6) is 0 Å². The number of hydrogen-bond donors (Lipinski definition) is 1. The van der Waals surface area contributed by atoms with Gasteiger partial charge in [0.25, 0.3) is 5.91 Å². The molecule has 3 heterocycles. The highest BCUT2D eigenvalue weighted by atomic mass is 32.1. The van der Waals surface area contributed by atoms with Gasteiger partial charge in [-0.3, -0.25) is 9.69 Å². The highest BCUT2D eigenvalue weighted by Crippen LogP contribution is 2.28. The van der Waals surface area contributed by atoms with Crippen LogP contribution >= 0.6 is 11.3 Å². The van der Waals surface area contributed by atoms with E-state index in [1.165, 1.54) is 48.4 Å². The fourth-order valence-electron chi connectivity index (χ4n) is 4.23. The van der Waals surface area contributed by atoms with Crippen LogP contribution in [0.4, 0.5) is 5.69 Å². The third kappa shape index (κ3) is 4.48. The number of hydrogen-bond acceptors (Lipinski definition) is 4. The van der Waals surface area contributed by atoms with Crippen LogP contribution in [0.1, 0.15) is 40.6 Å².